The molecule has 0 aromatic heterocycles. The van der Waals surface area contributed by atoms with Crippen LogP contribution in [0.1, 0.15) is 0 Å². The first kappa shape index (κ1) is 6.72. The number of hydrogen-bond donors (Lipinski definition) is 0. The molecule has 1 nitrogen and oxygen atoms in total. The van der Waals surface area contributed by atoms with Gasteiger partial charge < -0.3 is 4.74 Å². The van der Waals surface area contributed by atoms with E-state index in [9.17, 15) is 0 Å². The Morgan fingerprint density at radius 3 is 2.77 bits per heavy atom. The second-order valence-electron chi connectivity index (χ2n) is 3.13. The highest BCUT2D eigenvalue weighted by atomic mass is 16.5. The minimum atomic E-state index is 0.927. The molecule has 0 unspecified atom stereocenters. The molecule has 0 atom stereocenters. The van der Waals surface area contributed by atoms with Crippen molar-refractivity contribution in [2.24, 2.45) is 0 Å². The molecule has 2 aromatic carbocycles. The Hall–Kier alpha value is -1.76. The van der Waals surface area contributed by atoms with E-state index in [4.69, 9.17) is 4.74 Å². The SMILES string of the molecule is c1cc2cc(c1)-c1ccccc1O2. The first-order chi connectivity index (χ1) is 6.43. The minimum Gasteiger partial charge on any atom is -0.457 e. The largest absolute Gasteiger partial charge is 0.457 e. The van der Waals surface area contributed by atoms with Gasteiger partial charge in [-0.1, -0.05) is 30.3 Å². The van der Waals surface area contributed by atoms with Gasteiger partial charge in [-0.05, 0) is 23.8 Å². The van der Waals surface area contributed by atoms with Gasteiger partial charge >= 0.3 is 0 Å². The van der Waals surface area contributed by atoms with Gasteiger partial charge in [0.05, 0.1) is 0 Å². The van der Waals surface area contributed by atoms with Crippen LogP contribution in [0.2, 0.25) is 0 Å². The monoisotopic (exact) mass is 168 g/mol. The first-order valence-electron chi connectivity index (χ1n) is 4.31. The third-order valence-electron chi connectivity index (χ3n) is 2.26. The second kappa shape index (κ2) is 2.36. The average Bonchev–Trinajstić information content (AvgIpc) is 2.18. The van der Waals surface area contributed by atoms with Crippen LogP contribution in [0.15, 0.2) is 48.5 Å². The van der Waals surface area contributed by atoms with Crippen LogP contribution in [0.25, 0.3) is 11.1 Å². The number of rotatable bonds is 0. The smallest absolute Gasteiger partial charge is 0.135 e. The van der Waals surface area contributed by atoms with Gasteiger partial charge in [-0.25, -0.2) is 0 Å². The predicted molar refractivity (Wildman–Crippen MR) is 52.0 cm³/mol. The highest BCUT2D eigenvalue weighted by Crippen LogP contribution is 2.39. The average molecular weight is 168 g/mol. The van der Waals surface area contributed by atoms with Crippen LogP contribution >= 0.6 is 0 Å². The van der Waals surface area contributed by atoms with Crippen molar-refractivity contribution in [2.45, 2.75) is 0 Å². The van der Waals surface area contributed by atoms with E-state index in [1.165, 1.54) is 11.1 Å². The summed E-state index contributed by atoms with van der Waals surface area (Å²) in [6.07, 6.45) is 0. The Labute approximate surface area is 76.6 Å². The highest BCUT2D eigenvalue weighted by Gasteiger charge is 2.12. The number of benzene rings is 2. The summed E-state index contributed by atoms with van der Waals surface area (Å²) >= 11 is 0. The normalized spacial score (nSPS) is 11.7. The molecule has 0 N–H and O–H groups in total. The fraction of sp³-hybridized carbons (Fsp3) is 0. The quantitative estimate of drug-likeness (QED) is 0.499. The standard InChI is InChI=1S/C12H8O/c1-2-7-12-11(6-1)9-4-3-5-10(8-9)13-12/h1-8H. The Kier molecular flexibility index (Phi) is 1.22. The lowest BCUT2D eigenvalue weighted by atomic mass is 10.0. The van der Waals surface area contributed by atoms with Crippen LogP contribution in [0.5, 0.6) is 11.5 Å². The maximum atomic E-state index is 5.64. The molecule has 62 valence electrons. The van der Waals surface area contributed by atoms with Gasteiger partial charge in [0.15, 0.2) is 0 Å². The van der Waals surface area contributed by atoms with Gasteiger partial charge in [-0.3, -0.25) is 0 Å². The van der Waals surface area contributed by atoms with Gasteiger partial charge in [0, 0.05) is 5.56 Å². The zero-order valence-electron chi connectivity index (χ0n) is 7.03. The van der Waals surface area contributed by atoms with Crippen molar-refractivity contribution >= 4 is 0 Å². The molecule has 2 bridgehead atoms. The molecule has 0 saturated carbocycles. The van der Waals surface area contributed by atoms with E-state index in [1.54, 1.807) is 0 Å². The minimum absolute atomic E-state index is 0.927. The zero-order valence-corrected chi connectivity index (χ0v) is 7.03. The number of hydrogen-bond acceptors (Lipinski definition) is 1. The maximum Gasteiger partial charge on any atom is 0.135 e. The summed E-state index contributed by atoms with van der Waals surface area (Å²) in [6, 6.07) is 16.2. The molecular formula is C12H8O. The van der Waals surface area contributed by atoms with E-state index in [1.807, 2.05) is 30.3 Å². The van der Waals surface area contributed by atoms with Gasteiger partial charge in [-0.2, -0.15) is 0 Å². The van der Waals surface area contributed by atoms with Crippen molar-refractivity contribution < 1.29 is 4.74 Å². The molecule has 2 aromatic rings. The number of ether oxygens (including phenoxy) is 1. The molecule has 0 amide bonds. The molecule has 0 saturated heterocycles. The van der Waals surface area contributed by atoms with E-state index in [0.29, 0.717) is 0 Å². The van der Waals surface area contributed by atoms with Crippen molar-refractivity contribution in [1.29, 1.82) is 0 Å². The van der Waals surface area contributed by atoms with Crippen LogP contribution in [0.3, 0.4) is 0 Å². The van der Waals surface area contributed by atoms with Crippen molar-refractivity contribution in [3.05, 3.63) is 48.5 Å². The van der Waals surface area contributed by atoms with Crippen LogP contribution in [-0.2, 0) is 0 Å². The maximum absolute atomic E-state index is 5.64. The van der Waals surface area contributed by atoms with Crippen molar-refractivity contribution in [2.75, 3.05) is 0 Å². The zero-order chi connectivity index (χ0) is 8.67. The third-order valence-corrected chi connectivity index (χ3v) is 2.26. The van der Waals surface area contributed by atoms with Crippen LogP contribution in [0.4, 0.5) is 0 Å². The van der Waals surface area contributed by atoms with E-state index in [2.05, 4.69) is 18.2 Å². The number of para-hydroxylation sites is 1. The first-order valence-corrected chi connectivity index (χ1v) is 4.31. The molecule has 3 rings (SSSR count). The summed E-state index contributed by atoms with van der Waals surface area (Å²) < 4.78 is 5.64. The van der Waals surface area contributed by atoms with Crippen LogP contribution in [0, 0.1) is 0 Å². The van der Waals surface area contributed by atoms with E-state index in [0.717, 1.165) is 11.5 Å². The lowest BCUT2D eigenvalue weighted by Crippen LogP contribution is -1.93. The second-order valence-corrected chi connectivity index (χ2v) is 3.13. The lowest BCUT2D eigenvalue weighted by Gasteiger charge is -2.16. The summed E-state index contributed by atoms with van der Waals surface area (Å²) in [7, 11) is 0. The fourth-order valence-electron chi connectivity index (χ4n) is 1.65. The Morgan fingerprint density at radius 2 is 1.77 bits per heavy atom. The molecule has 1 aliphatic heterocycles. The predicted octanol–water partition coefficient (Wildman–Crippen LogP) is 3.46. The molecule has 1 aliphatic rings. The molecule has 1 heteroatoms. The molecule has 0 fully saturated rings. The molecule has 0 radical (unpaired) electrons. The van der Waals surface area contributed by atoms with E-state index in [-0.39, 0.29) is 0 Å². The summed E-state index contributed by atoms with van der Waals surface area (Å²) in [5.74, 6) is 1.88. The molecule has 1 heterocycles. The molecule has 0 aliphatic carbocycles. The van der Waals surface area contributed by atoms with Gasteiger partial charge in [0.1, 0.15) is 11.5 Å². The number of fused-ring (bicyclic) bond motifs is 4. The molecule has 13 heavy (non-hydrogen) atoms. The topological polar surface area (TPSA) is 9.23 Å². The lowest BCUT2D eigenvalue weighted by molar-refractivity contribution is 0.480. The molecule has 0 spiro atoms. The summed E-state index contributed by atoms with van der Waals surface area (Å²) in [6.45, 7) is 0. The summed E-state index contributed by atoms with van der Waals surface area (Å²) in [5.41, 5.74) is 2.41. The van der Waals surface area contributed by atoms with Crippen LogP contribution < -0.4 is 4.74 Å². The Bertz CT molecular complexity index is 460. The van der Waals surface area contributed by atoms with Gasteiger partial charge in [0.25, 0.3) is 0 Å². The third kappa shape index (κ3) is 0.937. The van der Waals surface area contributed by atoms with Crippen molar-refractivity contribution in [3.8, 4) is 22.6 Å². The fourth-order valence-corrected chi connectivity index (χ4v) is 1.65. The Balaban J connectivity index is 2.34. The summed E-state index contributed by atoms with van der Waals surface area (Å²) in [5, 5.41) is 0. The Morgan fingerprint density at radius 1 is 0.846 bits per heavy atom. The van der Waals surface area contributed by atoms with Gasteiger partial charge in [0.2, 0.25) is 0 Å². The van der Waals surface area contributed by atoms with E-state index < -0.39 is 0 Å². The summed E-state index contributed by atoms with van der Waals surface area (Å²) in [4.78, 5) is 0. The van der Waals surface area contributed by atoms with Crippen molar-refractivity contribution in [3.63, 3.8) is 0 Å². The van der Waals surface area contributed by atoms with Crippen molar-refractivity contribution in [1.82, 2.24) is 0 Å². The molecular weight excluding hydrogens is 160 g/mol. The van der Waals surface area contributed by atoms with Crippen LogP contribution in [-0.4, -0.2) is 0 Å². The van der Waals surface area contributed by atoms with E-state index >= 15 is 0 Å². The van der Waals surface area contributed by atoms with Gasteiger partial charge in [-0.15, -0.1) is 0 Å². The highest BCUT2D eigenvalue weighted by molar-refractivity contribution is 5.74.